The Labute approximate surface area is 195 Å². The number of alkyl halides is 3. The third-order valence-corrected chi connectivity index (χ3v) is 5.98. The van der Waals surface area contributed by atoms with Gasteiger partial charge in [-0.15, -0.1) is 6.58 Å². The second-order valence-electron chi connectivity index (χ2n) is 7.84. The van der Waals surface area contributed by atoms with Gasteiger partial charge >= 0.3 is 3.93 Å². The number of allylic oxidation sites excluding steroid dienone is 3. The minimum Gasteiger partial charge on any atom is -0.487 e. The lowest BCUT2D eigenvalue weighted by atomic mass is 9.94. The molecular formula is C25H26F2INO2. The number of carbonyl (C=O) groups is 1. The number of hydrogen-bond acceptors (Lipinski definition) is 3. The van der Waals surface area contributed by atoms with Gasteiger partial charge in [0.2, 0.25) is 5.78 Å². The van der Waals surface area contributed by atoms with Crippen LogP contribution in [0, 0.1) is 5.92 Å². The molecule has 0 bridgehead atoms. The summed E-state index contributed by atoms with van der Waals surface area (Å²) in [5.41, 5.74) is 1.99. The number of hydrogen-bond donors (Lipinski definition) is 0. The van der Waals surface area contributed by atoms with E-state index in [4.69, 9.17) is 4.74 Å². The highest BCUT2D eigenvalue weighted by Crippen LogP contribution is 2.36. The summed E-state index contributed by atoms with van der Waals surface area (Å²) < 4.78 is 29.7. The largest absolute Gasteiger partial charge is 0.487 e. The Morgan fingerprint density at radius 1 is 1.26 bits per heavy atom. The number of nitrogens with zero attached hydrogens (tertiary/aromatic N) is 1. The van der Waals surface area contributed by atoms with Gasteiger partial charge in [0.05, 0.1) is 5.69 Å². The highest BCUT2D eigenvalue weighted by atomic mass is 127. The molecular weight excluding hydrogens is 511 g/mol. The molecule has 0 radical (unpaired) electrons. The Morgan fingerprint density at radius 2 is 2.06 bits per heavy atom. The van der Waals surface area contributed by atoms with E-state index in [1.165, 1.54) is 36.6 Å². The van der Waals surface area contributed by atoms with Gasteiger partial charge < -0.3 is 4.74 Å². The Balaban J connectivity index is 1.67. The van der Waals surface area contributed by atoms with E-state index in [0.717, 1.165) is 48.3 Å². The van der Waals surface area contributed by atoms with Gasteiger partial charge in [-0.1, -0.05) is 36.3 Å². The van der Waals surface area contributed by atoms with Crippen molar-refractivity contribution in [3.8, 4) is 5.75 Å². The molecule has 0 amide bonds. The van der Waals surface area contributed by atoms with E-state index in [-0.39, 0.29) is 18.0 Å². The molecule has 3 nitrogen and oxygen atoms in total. The topological polar surface area (TPSA) is 39.2 Å². The zero-order valence-electron chi connectivity index (χ0n) is 17.3. The number of carbonyl (C=O) groups excluding carboxylic acids is 1. The summed E-state index contributed by atoms with van der Waals surface area (Å²) >= 11 is 1.09. The minimum absolute atomic E-state index is 0.0926. The normalized spacial score (nSPS) is 18.4. The van der Waals surface area contributed by atoms with Crippen LogP contribution in [0.15, 0.2) is 66.8 Å². The number of pyridine rings is 1. The molecule has 0 N–H and O–H groups in total. The predicted octanol–water partition coefficient (Wildman–Crippen LogP) is 7.41. The van der Waals surface area contributed by atoms with Gasteiger partial charge in [0.15, 0.2) is 0 Å². The number of ketones is 1. The molecule has 1 aromatic heterocycles. The first-order chi connectivity index (χ1) is 14.8. The van der Waals surface area contributed by atoms with Crippen LogP contribution in [-0.2, 0) is 10.5 Å². The second kappa shape index (κ2) is 11.0. The molecule has 1 aliphatic carbocycles. The van der Waals surface area contributed by atoms with Gasteiger partial charge in [-0.3, -0.25) is 4.79 Å². The Morgan fingerprint density at radius 3 is 2.84 bits per heavy atom. The van der Waals surface area contributed by atoms with Gasteiger partial charge in [-0.05, 0) is 68.4 Å². The fourth-order valence-electron chi connectivity index (χ4n) is 3.80. The summed E-state index contributed by atoms with van der Waals surface area (Å²) in [7, 11) is 0. The highest BCUT2D eigenvalue weighted by molar-refractivity contribution is 14.1. The Bertz CT molecular complexity index is 953. The quantitative estimate of drug-likeness (QED) is 0.0880. The molecule has 0 aliphatic heterocycles. The monoisotopic (exact) mass is 537 g/mol. The molecule has 0 spiro atoms. The summed E-state index contributed by atoms with van der Waals surface area (Å²) in [6.45, 7) is 3.93. The first-order valence-corrected chi connectivity index (χ1v) is 11.5. The molecule has 2 aromatic rings. The van der Waals surface area contributed by atoms with Crippen LogP contribution in [0.2, 0.25) is 0 Å². The molecule has 1 aromatic carbocycles. The van der Waals surface area contributed by atoms with Crippen molar-refractivity contribution in [2.24, 2.45) is 5.92 Å². The van der Waals surface area contributed by atoms with E-state index in [1.54, 1.807) is 30.3 Å². The third-order valence-electron chi connectivity index (χ3n) is 5.35. The van der Waals surface area contributed by atoms with Crippen LogP contribution >= 0.6 is 22.6 Å². The lowest BCUT2D eigenvalue weighted by molar-refractivity contribution is 0.104. The molecule has 1 aliphatic rings. The van der Waals surface area contributed by atoms with Crippen LogP contribution < -0.4 is 4.74 Å². The fourth-order valence-corrected chi connectivity index (χ4v) is 4.14. The summed E-state index contributed by atoms with van der Waals surface area (Å²) in [6.07, 6.45) is 9.99. The van der Waals surface area contributed by atoms with E-state index >= 15 is 0 Å². The maximum atomic E-state index is 13.5. The van der Waals surface area contributed by atoms with E-state index in [2.05, 4.69) is 11.6 Å². The van der Waals surface area contributed by atoms with Crippen molar-refractivity contribution in [1.29, 1.82) is 0 Å². The van der Waals surface area contributed by atoms with Crippen molar-refractivity contribution in [1.82, 2.24) is 4.98 Å². The summed E-state index contributed by atoms with van der Waals surface area (Å²) in [5.74, 6) is 0.779. The van der Waals surface area contributed by atoms with E-state index < -0.39 is 3.93 Å². The van der Waals surface area contributed by atoms with Crippen molar-refractivity contribution in [2.45, 2.75) is 49.1 Å². The van der Waals surface area contributed by atoms with Crippen molar-refractivity contribution < 1.29 is 18.3 Å². The SMILES string of the molecule is C=CCC1CCCC/C(=C\C(=O)c2cccc(COc3cccc(C(F)(F)I)c3)n2)C1. The van der Waals surface area contributed by atoms with Gasteiger partial charge in [0.25, 0.3) is 0 Å². The first kappa shape index (κ1) is 23.6. The molecule has 1 heterocycles. The molecule has 6 heteroatoms. The molecule has 1 atom stereocenters. The van der Waals surface area contributed by atoms with Gasteiger partial charge in [-0.2, -0.15) is 8.78 Å². The van der Waals surface area contributed by atoms with Gasteiger partial charge in [0.1, 0.15) is 18.1 Å². The number of ether oxygens (including phenoxy) is 1. The summed E-state index contributed by atoms with van der Waals surface area (Å²) in [6, 6.07) is 11.0. The molecule has 164 valence electrons. The zero-order chi connectivity index (χ0) is 22.3. The standard InChI is InChI=1S/C25H26F2INO2/c1-2-7-18-8-3-4-9-19(14-18)15-24(30)23-13-6-11-21(29-23)17-31-22-12-5-10-20(16-22)25(26,27)28/h2,5-6,10-13,15-16,18H,1,3-4,7-9,14,17H2/b19-15+. The van der Waals surface area contributed by atoms with Crippen molar-refractivity contribution in [3.05, 3.63) is 83.7 Å². The first-order valence-electron chi connectivity index (χ1n) is 10.5. The van der Waals surface area contributed by atoms with E-state index in [9.17, 15) is 13.6 Å². The highest BCUT2D eigenvalue weighted by Gasteiger charge is 2.27. The minimum atomic E-state index is -2.96. The summed E-state index contributed by atoms with van der Waals surface area (Å²) in [4.78, 5) is 17.2. The van der Waals surface area contributed by atoms with Crippen LogP contribution in [0.25, 0.3) is 0 Å². The maximum Gasteiger partial charge on any atom is 0.321 e. The van der Waals surface area contributed by atoms with Crippen LogP contribution in [-0.4, -0.2) is 10.8 Å². The predicted molar refractivity (Wildman–Crippen MR) is 127 cm³/mol. The van der Waals surface area contributed by atoms with Gasteiger partial charge in [-0.25, -0.2) is 4.98 Å². The van der Waals surface area contributed by atoms with E-state index in [1.807, 2.05) is 6.08 Å². The van der Waals surface area contributed by atoms with Crippen LogP contribution in [0.5, 0.6) is 5.75 Å². The Hall–Kier alpha value is -2.09. The lowest BCUT2D eigenvalue weighted by Gasteiger charge is -2.12. The van der Waals surface area contributed by atoms with Crippen LogP contribution in [0.4, 0.5) is 8.78 Å². The average Bonchev–Trinajstić information content (AvgIpc) is 2.97. The molecule has 3 rings (SSSR count). The van der Waals surface area contributed by atoms with Crippen molar-refractivity contribution in [2.75, 3.05) is 0 Å². The number of aromatic nitrogens is 1. The van der Waals surface area contributed by atoms with E-state index in [0.29, 0.717) is 23.1 Å². The maximum absolute atomic E-state index is 13.5. The lowest BCUT2D eigenvalue weighted by Crippen LogP contribution is -2.06. The molecule has 31 heavy (non-hydrogen) atoms. The summed E-state index contributed by atoms with van der Waals surface area (Å²) in [5, 5.41) is 0. The fraction of sp³-hybridized carbons (Fsp3) is 0.360. The molecule has 1 unspecified atom stereocenters. The molecule has 1 saturated carbocycles. The molecule has 0 saturated heterocycles. The number of halogens is 3. The van der Waals surface area contributed by atoms with Crippen molar-refractivity contribution >= 4 is 28.4 Å². The molecule has 1 fully saturated rings. The number of benzene rings is 1. The van der Waals surface area contributed by atoms with Gasteiger partial charge in [0, 0.05) is 28.2 Å². The second-order valence-corrected chi connectivity index (χ2v) is 9.19. The van der Waals surface area contributed by atoms with Crippen LogP contribution in [0.1, 0.15) is 60.3 Å². The zero-order valence-corrected chi connectivity index (χ0v) is 19.5. The smallest absolute Gasteiger partial charge is 0.321 e. The third kappa shape index (κ3) is 7.23. The van der Waals surface area contributed by atoms with Crippen molar-refractivity contribution in [3.63, 3.8) is 0 Å². The van der Waals surface area contributed by atoms with Crippen LogP contribution in [0.3, 0.4) is 0 Å². The number of rotatable bonds is 8. The average molecular weight is 537 g/mol. The Kier molecular flexibility index (Phi) is 8.35.